The first-order valence-corrected chi connectivity index (χ1v) is 10.4. The van der Waals surface area contributed by atoms with Crippen LogP contribution in [0.1, 0.15) is 25.5 Å². The Morgan fingerprint density at radius 3 is 2.80 bits per heavy atom. The summed E-state index contributed by atoms with van der Waals surface area (Å²) in [7, 11) is 3.87. The van der Waals surface area contributed by atoms with Crippen LogP contribution in [0.3, 0.4) is 0 Å². The first-order valence-electron chi connectivity index (χ1n) is 10.4. The number of aliphatic hydroxyl groups is 1. The van der Waals surface area contributed by atoms with Crippen molar-refractivity contribution >= 4 is 11.4 Å². The third-order valence-electron chi connectivity index (χ3n) is 5.22. The van der Waals surface area contributed by atoms with Crippen LogP contribution >= 0.6 is 0 Å². The van der Waals surface area contributed by atoms with Crippen molar-refractivity contribution in [3.8, 4) is 17.1 Å². The summed E-state index contributed by atoms with van der Waals surface area (Å²) in [5, 5.41) is 12.8. The lowest BCUT2D eigenvalue weighted by atomic mass is 10.1. The minimum Gasteiger partial charge on any atom is -0.491 e. The molecule has 0 amide bonds. The molecule has 1 aliphatic heterocycles. The van der Waals surface area contributed by atoms with Crippen molar-refractivity contribution in [1.82, 2.24) is 15.3 Å². The van der Waals surface area contributed by atoms with Gasteiger partial charge >= 0.3 is 0 Å². The largest absolute Gasteiger partial charge is 0.491 e. The lowest BCUT2D eigenvalue weighted by molar-refractivity contribution is 0.0853. The molecule has 0 bridgehead atoms. The van der Waals surface area contributed by atoms with E-state index in [-0.39, 0.29) is 6.61 Å². The highest BCUT2D eigenvalue weighted by Crippen LogP contribution is 2.27. The summed E-state index contributed by atoms with van der Waals surface area (Å²) in [5.74, 6) is 2.18. The van der Waals surface area contributed by atoms with Crippen molar-refractivity contribution in [2.45, 2.75) is 31.9 Å². The van der Waals surface area contributed by atoms with Crippen LogP contribution in [0.5, 0.6) is 5.75 Å². The quantitative estimate of drug-likeness (QED) is 0.656. The number of aromatic nitrogens is 2. The van der Waals surface area contributed by atoms with E-state index in [0.29, 0.717) is 24.2 Å². The van der Waals surface area contributed by atoms with Crippen LogP contribution in [0, 0.1) is 0 Å². The predicted molar refractivity (Wildman–Crippen MR) is 120 cm³/mol. The maximum Gasteiger partial charge on any atom is 0.162 e. The molecule has 1 saturated heterocycles. The molecule has 2 N–H and O–H groups in total. The van der Waals surface area contributed by atoms with E-state index in [2.05, 4.69) is 23.8 Å². The molecule has 0 aliphatic carbocycles. The molecule has 0 saturated carbocycles. The van der Waals surface area contributed by atoms with Crippen molar-refractivity contribution in [3.63, 3.8) is 0 Å². The molecule has 30 heavy (non-hydrogen) atoms. The summed E-state index contributed by atoms with van der Waals surface area (Å²) in [6.07, 6.45) is 1.40. The Bertz CT molecular complexity index is 852. The molecule has 1 aromatic carbocycles. The molecule has 1 atom stereocenters. The highest BCUT2D eigenvalue weighted by atomic mass is 16.5. The molecular weight excluding hydrogens is 380 g/mol. The number of benzene rings is 1. The maximum absolute atomic E-state index is 9.88. The Morgan fingerprint density at radius 1 is 1.33 bits per heavy atom. The first-order chi connectivity index (χ1) is 14.5. The van der Waals surface area contributed by atoms with Gasteiger partial charge in [-0.1, -0.05) is 18.7 Å². The molecule has 1 fully saturated rings. The molecule has 1 unspecified atom stereocenters. The third-order valence-corrected chi connectivity index (χ3v) is 5.22. The Kier molecular flexibility index (Phi) is 7.79. The molecule has 2 heterocycles. The predicted octanol–water partition coefficient (Wildman–Crippen LogP) is 2.75. The minimum absolute atomic E-state index is 0.217. The minimum atomic E-state index is -0.568. The fraction of sp³-hybridized carbons (Fsp3) is 0.478. The van der Waals surface area contributed by atoms with Gasteiger partial charge in [0.1, 0.15) is 24.3 Å². The molecule has 0 spiro atoms. The highest BCUT2D eigenvalue weighted by Gasteiger charge is 2.21. The Balaban J connectivity index is 1.86. The fourth-order valence-corrected chi connectivity index (χ4v) is 3.43. The Hall–Kier alpha value is -2.48. The number of hydrogen-bond donors (Lipinski definition) is 2. The topological polar surface area (TPSA) is 79.7 Å². The molecule has 1 aromatic heterocycles. The van der Waals surface area contributed by atoms with E-state index in [1.165, 1.54) is 0 Å². The molecule has 2 aromatic rings. The van der Waals surface area contributed by atoms with E-state index >= 15 is 0 Å². The lowest BCUT2D eigenvalue weighted by Crippen LogP contribution is -2.37. The average molecular weight is 413 g/mol. The van der Waals surface area contributed by atoms with E-state index in [9.17, 15) is 5.11 Å². The monoisotopic (exact) mass is 412 g/mol. The van der Waals surface area contributed by atoms with Gasteiger partial charge in [0, 0.05) is 44.5 Å². The van der Waals surface area contributed by atoms with Crippen molar-refractivity contribution in [1.29, 1.82) is 0 Å². The molecule has 162 valence electrons. The number of allylic oxidation sites excluding steroid dienone is 1. The molecule has 0 radical (unpaired) electrons. The van der Waals surface area contributed by atoms with Crippen LogP contribution in [0.25, 0.3) is 17.0 Å². The second-order valence-corrected chi connectivity index (χ2v) is 7.72. The lowest BCUT2D eigenvalue weighted by Gasteiger charge is -2.32. The van der Waals surface area contributed by atoms with Gasteiger partial charge in [-0.25, -0.2) is 9.97 Å². The van der Waals surface area contributed by atoms with E-state index in [4.69, 9.17) is 19.4 Å². The molecule has 3 rings (SSSR count). The summed E-state index contributed by atoms with van der Waals surface area (Å²) >= 11 is 0. The van der Waals surface area contributed by atoms with Crippen LogP contribution in [-0.2, 0) is 4.74 Å². The van der Waals surface area contributed by atoms with Gasteiger partial charge in [-0.3, -0.25) is 0 Å². The standard InChI is InChI=1S/C23H32N4O3/c1-16(2)21-13-22(27(4)18-8-10-29-11-9-18)26-23(25-21)17-6-5-7-20(12-17)30-15-19(28)14-24-3/h5-7,12-13,18-19,24,28H,1,8-11,14-15H2,2-4H3. The molecule has 7 heteroatoms. The zero-order chi connectivity index (χ0) is 21.5. The number of aliphatic hydroxyl groups excluding tert-OH is 1. The Labute approximate surface area is 178 Å². The van der Waals surface area contributed by atoms with Crippen LogP contribution in [-0.4, -0.2) is 67.7 Å². The van der Waals surface area contributed by atoms with Gasteiger partial charge < -0.3 is 24.8 Å². The number of hydrogen-bond acceptors (Lipinski definition) is 7. The van der Waals surface area contributed by atoms with Crippen molar-refractivity contribution in [2.75, 3.05) is 45.4 Å². The van der Waals surface area contributed by atoms with Crippen molar-refractivity contribution in [2.24, 2.45) is 0 Å². The summed E-state index contributed by atoms with van der Waals surface area (Å²) in [6, 6.07) is 10.0. The van der Waals surface area contributed by atoms with Gasteiger partial charge in [0.25, 0.3) is 0 Å². The van der Waals surface area contributed by atoms with Crippen LogP contribution in [0.4, 0.5) is 5.82 Å². The van der Waals surface area contributed by atoms with Gasteiger partial charge in [-0.15, -0.1) is 0 Å². The highest BCUT2D eigenvalue weighted by molar-refractivity contribution is 5.66. The summed E-state index contributed by atoms with van der Waals surface area (Å²) in [6.45, 7) is 8.27. The van der Waals surface area contributed by atoms with E-state index in [1.54, 1.807) is 7.05 Å². The molecular formula is C23H32N4O3. The number of likely N-dealkylation sites (N-methyl/N-ethyl adjacent to an activating group) is 1. The van der Waals surface area contributed by atoms with Crippen LogP contribution in [0.2, 0.25) is 0 Å². The van der Waals surface area contributed by atoms with Crippen molar-refractivity contribution < 1.29 is 14.6 Å². The number of ether oxygens (including phenoxy) is 2. The van der Waals surface area contributed by atoms with E-state index < -0.39 is 6.10 Å². The second kappa shape index (κ2) is 10.5. The SMILES string of the molecule is C=C(C)c1cc(N(C)C2CCOCC2)nc(-c2cccc(OCC(O)CNC)c2)n1. The van der Waals surface area contributed by atoms with Gasteiger partial charge in [0.05, 0.1) is 5.69 Å². The van der Waals surface area contributed by atoms with E-state index in [0.717, 1.165) is 48.7 Å². The Morgan fingerprint density at radius 2 is 2.10 bits per heavy atom. The summed E-state index contributed by atoms with van der Waals surface area (Å²) in [4.78, 5) is 11.8. The van der Waals surface area contributed by atoms with Gasteiger partial charge in [0.15, 0.2) is 5.82 Å². The average Bonchev–Trinajstić information content (AvgIpc) is 2.78. The van der Waals surface area contributed by atoms with Gasteiger partial charge in [-0.05, 0) is 44.5 Å². The number of nitrogens with one attached hydrogen (secondary N) is 1. The van der Waals surface area contributed by atoms with Crippen molar-refractivity contribution in [3.05, 3.63) is 42.6 Å². The van der Waals surface area contributed by atoms with Gasteiger partial charge in [-0.2, -0.15) is 0 Å². The zero-order valence-electron chi connectivity index (χ0n) is 18.1. The summed E-state index contributed by atoms with van der Waals surface area (Å²) < 4.78 is 11.2. The summed E-state index contributed by atoms with van der Waals surface area (Å²) in [5.41, 5.74) is 2.58. The van der Waals surface area contributed by atoms with Gasteiger partial charge in [0.2, 0.25) is 0 Å². The first kappa shape index (κ1) is 22.2. The van der Waals surface area contributed by atoms with Crippen LogP contribution < -0.4 is 15.0 Å². The normalized spacial score (nSPS) is 15.6. The fourth-order valence-electron chi connectivity index (χ4n) is 3.43. The number of nitrogens with zero attached hydrogens (tertiary/aromatic N) is 3. The van der Waals surface area contributed by atoms with E-state index in [1.807, 2.05) is 37.3 Å². The zero-order valence-corrected chi connectivity index (χ0v) is 18.1. The molecule has 7 nitrogen and oxygen atoms in total. The maximum atomic E-state index is 9.88. The second-order valence-electron chi connectivity index (χ2n) is 7.72. The smallest absolute Gasteiger partial charge is 0.162 e. The third kappa shape index (κ3) is 5.78. The number of rotatable bonds is 9. The molecule has 1 aliphatic rings. The van der Waals surface area contributed by atoms with Crippen LogP contribution in [0.15, 0.2) is 36.9 Å². The number of anilines is 1.